The average Bonchev–Trinajstić information content (AvgIpc) is 2.83. The Bertz CT molecular complexity index is 1080. The van der Waals surface area contributed by atoms with Crippen LogP contribution in [0.3, 0.4) is 0 Å². The molecule has 3 rings (SSSR count). The molecule has 1 atom stereocenters. The lowest BCUT2D eigenvalue weighted by atomic mass is 10.0. The third kappa shape index (κ3) is 7.49. The molecule has 0 saturated heterocycles. The minimum Gasteiger partial charge on any atom is -0.355 e. The number of thioether (sulfide) groups is 1. The monoisotopic (exact) mass is 474 g/mol. The highest BCUT2D eigenvalue weighted by Crippen LogP contribution is 2.20. The van der Waals surface area contributed by atoms with E-state index in [1.807, 2.05) is 74.5 Å². The molecule has 0 aliphatic heterocycles. The van der Waals surface area contributed by atoms with Crippen molar-refractivity contribution in [3.63, 3.8) is 0 Å². The molecule has 3 aromatic rings. The van der Waals surface area contributed by atoms with Crippen LogP contribution in [0.25, 0.3) is 0 Å². The Kier molecular flexibility index (Phi) is 9.77. The van der Waals surface area contributed by atoms with Crippen LogP contribution < -0.4 is 5.32 Å². The van der Waals surface area contributed by atoms with Crippen LogP contribution in [-0.4, -0.2) is 35.1 Å². The molecular formula is C29H34N2O2S. The molecule has 2 amide bonds. The summed E-state index contributed by atoms with van der Waals surface area (Å²) in [4.78, 5) is 28.5. The van der Waals surface area contributed by atoms with Crippen molar-refractivity contribution in [2.75, 3.05) is 12.3 Å². The first-order valence-electron chi connectivity index (χ1n) is 11.8. The van der Waals surface area contributed by atoms with E-state index < -0.39 is 6.04 Å². The number of carbonyl (C=O) groups is 2. The van der Waals surface area contributed by atoms with Crippen molar-refractivity contribution in [1.29, 1.82) is 0 Å². The number of nitrogens with one attached hydrogen (secondary N) is 1. The first-order valence-corrected chi connectivity index (χ1v) is 12.9. The Morgan fingerprint density at radius 1 is 0.912 bits per heavy atom. The van der Waals surface area contributed by atoms with Crippen molar-refractivity contribution in [2.24, 2.45) is 0 Å². The lowest BCUT2D eigenvalue weighted by Crippen LogP contribution is -2.51. The Hall–Kier alpha value is -3.05. The Balaban J connectivity index is 1.83. The van der Waals surface area contributed by atoms with Gasteiger partial charge in [0.1, 0.15) is 6.04 Å². The summed E-state index contributed by atoms with van der Waals surface area (Å²) in [7, 11) is 0. The molecule has 0 heterocycles. The molecule has 0 saturated carbocycles. The summed E-state index contributed by atoms with van der Waals surface area (Å²) in [5.74, 6) is 0.954. The van der Waals surface area contributed by atoms with Crippen molar-refractivity contribution in [3.05, 3.63) is 107 Å². The number of hydrogen-bond acceptors (Lipinski definition) is 3. The van der Waals surface area contributed by atoms with E-state index in [1.54, 1.807) is 16.7 Å². The zero-order chi connectivity index (χ0) is 24.3. The summed E-state index contributed by atoms with van der Waals surface area (Å²) in [5, 5.41) is 2.95. The molecule has 0 aliphatic carbocycles. The van der Waals surface area contributed by atoms with E-state index in [1.165, 1.54) is 11.1 Å². The maximum Gasteiger partial charge on any atom is 0.243 e. The maximum atomic E-state index is 13.6. The first kappa shape index (κ1) is 25.6. The van der Waals surface area contributed by atoms with Crippen molar-refractivity contribution in [1.82, 2.24) is 10.2 Å². The predicted molar refractivity (Wildman–Crippen MR) is 142 cm³/mol. The first-order chi connectivity index (χ1) is 16.5. The second-order valence-corrected chi connectivity index (χ2v) is 9.52. The standard InChI is InChI=1S/C29H34N2O2S/c1-4-30-29(33)27(18-24-13-6-5-7-14-24)31(19-25-15-10-11-22(2)17-25)28(32)21-34-20-26-16-9-8-12-23(26)3/h5-17,27H,4,18-21H2,1-3H3,(H,30,33)/t27-/m1/s1. The molecule has 0 fully saturated rings. The van der Waals surface area contributed by atoms with Gasteiger partial charge in [0.2, 0.25) is 11.8 Å². The van der Waals surface area contributed by atoms with Gasteiger partial charge in [-0.25, -0.2) is 0 Å². The van der Waals surface area contributed by atoms with Gasteiger partial charge in [-0.15, -0.1) is 11.8 Å². The molecule has 3 aromatic carbocycles. The van der Waals surface area contributed by atoms with E-state index in [9.17, 15) is 9.59 Å². The molecule has 0 spiro atoms. The number of hydrogen-bond donors (Lipinski definition) is 1. The molecule has 34 heavy (non-hydrogen) atoms. The minimum absolute atomic E-state index is 0.0210. The maximum absolute atomic E-state index is 13.6. The lowest BCUT2D eigenvalue weighted by molar-refractivity contribution is -0.139. The van der Waals surface area contributed by atoms with Gasteiger partial charge in [-0.05, 0) is 43.0 Å². The summed E-state index contributed by atoms with van der Waals surface area (Å²) in [6.45, 7) is 6.96. The predicted octanol–water partition coefficient (Wildman–Crippen LogP) is 5.31. The number of likely N-dealkylation sites (N-methyl/N-ethyl adjacent to an activating group) is 1. The Morgan fingerprint density at radius 3 is 2.32 bits per heavy atom. The molecule has 0 bridgehead atoms. The fourth-order valence-corrected chi connectivity index (χ4v) is 4.94. The number of benzene rings is 3. The summed E-state index contributed by atoms with van der Waals surface area (Å²) in [5.41, 5.74) is 5.66. The SMILES string of the molecule is CCNC(=O)[C@@H](Cc1ccccc1)N(Cc1cccc(C)c1)C(=O)CSCc1ccccc1C. The van der Waals surface area contributed by atoms with Gasteiger partial charge in [-0.3, -0.25) is 9.59 Å². The topological polar surface area (TPSA) is 49.4 Å². The number of carbonyl (C=O) groups excluding carboxylic acids is 2. The van der Waals surface area contributed by atoms with Gasteiger partial charge in [-0.2, -0.15) is 0 Å². The van der Waals surface area contributed by atoms with Gasteiger partial charge < -0.3 is 10.2 Å². The fraction of sp³-hybridized carbons (Fsp3) is 0.310. The van der Waals surface area contributed by atoms with E-state index in [2.05, 4.69) is 30.4 Å². The van der Waals surface area contributed by atoms with Gasteiger partial charge in [0.05, 0.1) is 5.75 Å². The number of amides is 2. The normalized spacial score (nSPS) is 11.6. The third-order valence-corrected chi connectivity index (χ3v) is 6.77. The van der Waals surface area contributed by atoms with Crippen LogP contribution in [0, 0.1) is 13.8 Å². The van der Waals surface area contributed by atoms with Gasteiger partial charge in [0.15, 0.2) is 0 Å². The van der Waals surface area contributed by atoms with Crippen LogP contribution in [-0.2, 0) is 28.3 Å². The van der Waals surface area contributed by atoms with Gasteiger partial charge in [0.25, 0.3) is 0 Å². The highest BCUT2D eigenvalue weighted by molar-refractivity contribution is 7.99. The number of nitrogens with zero attached hydrogens (tertiary/aromatic N) is 1. The van der Waals surface area contributed by atoms with Gasteiger partial charge in [-0.1, -0.05) is 84.4 Å². The zero-order valence-electron chi connectivity index (χ0n) is 20.3. The van der Waals surface area contributed by atoms with E-state index in [4.69, 9.17) is 0 Å². The van der Waals surface area contributed by atoms with Crippen LogP contribution in [0.5, 0.6) is 0 Å². The van der Waals surface area contributed by atoms with E-state index in [-0.39, 0.29) is 11.8 Å². The highest BCUT2D eigenvalue weighted by Gasteiger charge is 2.30. The molecule has 1 N–H and O–H groups in total. The number of aryl methyl sites for hydroxylation is 2. The van der Waals surface area contributed by atoms with Crippen LogP contribution in [0.2, 0.25) is 0 Å². The highest BCUT2D eigenvalue weighted by atomic mass is 32.2. The summed E-state index contributed by atoms with van der Waals surface area (Å²) in [6, 6.07) is 25.7. The van der Waals surface area contributed by atoms with E-state index in [0.29, 0.717) is 25.3 Å². The van der Waals surface area contributed by atoms with Crippen molar-refractivity contribution >= 4 is 23.6 Å². The van der Waals surface area contributed by atoms with E-state index >= 15 is 0 Å². The molecule has 4 nitrogen and oxygen atoms in total. The Morgan fingerprint density at radius 2 is 1.62 bits per heavy atom. The summed E-state index contributed by atoms with van der Waals surface area (Å²) < 4.78 is 0. The molecule has 0 radical (unpaired) electrons. The van der Waals surface area contributed by atoms with Gasteiger partial charge >= 0.3 is 0 Å². The fourth-order valence-electron chi connectivity index (χ4n) is 3.96. The molecule has 178 valence electrons. The lowest BCUT2D eigenvalue weighted by Gasteiger charge is -2.31. The van der Waals surface area contributed by atoms with E-state index in [0.717, 1.165) is 22.4 Å². The molecular weight excluding hydrogens is 440 g/mol. The third-order valence-electron chi connectivity index (χ3n) is 5.80. The average molecular weight is 475 g/mol. The number of rotatable bonds is 11. The second kappa shape index (κ2) is 13.0. The summed E-state index contributed by atoms with van der Waals surface area (Å²) >= 11 is 1.60. The molecule has 0 aliphatic rings. The van der Waals surface area contributed by atoms with Gasteiger partial charge in [0, 0.05) is 25.3 Å². The molecule has 0 unspecified atom stereocenters. The second-order valence-electron chi connectivity index (χ2n) is 8.53. The van der Waals surface area contributed by atoms with Crippen molar-refractivity contribution < 1.29 is 9.59 Å². The molecule has 0 aromatic heterocycles. The minimum atomic E-state index is -0.575. The van der Waals surface area contributed by atoms with Crippen LogP contribution in [0.15, 0.2) is 78.9 Å². The smallest absolute Gasteiger partial charge is 0.243 e. The van der Waals surface area contributed by atoms with Crippen LogP contribution in [0.1, 0.15) is 34.7 Å². The van der Waals surface area contributed by atoms with Crippen LogP contribution in [0.4, 0.5) is 0 Å². The molecule has 5 heteroatoms. The van der Waals surface area contributed by atoms with Crippen molar-refractivity contribution in [3.8, 4) is 0 Å². The largest absolute Gasteiger partial charge is 0.355 e. The summed E-state index contributed by atoms with van der Waals surface area (Å²) in [6.07, 6.45) is 0.479. The zero-order valence-corrected chi connectivity index (χ0v) is 21.1. The van der Waals surface area contributed by atoms with Crippen molar-refractivity contribution in [2.45, 2.75) is 45.5 Å². The Labute approximate surface area is 207 Å². The quantitative estimate of drug-likeness (QED) is 0.410. The van der Waals surface area contributed by atoms with Crippen LogP contribution >= 0.6 is 11.8 Å².